The number of hydrogen-bond donors (Lipinski definition) is 1. The second-order valence-corrected chi connectivity index (χ2v) is 4.30. The van der Waals surface area contributed by atoms with Crippen LogP contribution >= 0.6 is 0 Å². The van der Waals surface area contributed by atoms with Crippen LogP contribution in [0.5, 0.6) is 0 Å². The Hall–Kier alpha value is -1.03. The minimum atomic E-state index is -4.31. The van der Waals surface area contributed by atoms with E-state index in [0.717, 1.165) is 25.3 Å². The molecular weight excluding hydrogens is 215 g/mol. The van der Waals surface area contributed by atoms with Gasteiger partial charge in [0.15, 0.2) is 0 Å². The summed E-state index contributed by atoms with van der Waals surface area (Å²) < 4.78 is 38.2. The fraction of sp³-hybridized carbons (Fsp3) is 0.500. The summed E-state index contributed by atoms with van der Waals surface area (Å²) in [6, 6.07) is 5.13. The third kappa shape index (κ3) is 2.07. The number of hydrogen-bond acceptors (Lipinski definition) is 1. The molecule has 0 saturated heterocycles. The van der Waals surface area contributed by atoms with Gasteiger partial charge in [0, 0.05) is 6.04 Å². The van der Waals surface area contributed by atoms with Gasteiger partial charge in [-0.3, -0.25) is 0 Å². The Bertz CT molecular complexity index is 369. The molecule has 16 heavy (non-hydrogen) atoms. The van der Waals surface area contributed by atoms with E-state index in [2.05, 4.69) is 0 Å². The largest absolute Gasteiger partial charge is 0.416 e. The van der Waals surface area contributed by atoms with E-state index in [1.54, 1.807) is 6.07 Å². The van der Waals surface area contributed by atoms with Gasteiger partial charge >= 0.3 is 6.18 Å². The summed E-state index contributed by atoms with van der Waals surface area (Å²) in [6.45, 7) is 0. The Kier molecular flexibility index (Phi) is 2.93. The van der Waals surface area contributed by atoms with Crippen molar-refractivity contribution in [3.05, 3.63) is 35.4 Å². The van der Waals surface area contributed by atoms with Crippen LogP contribution in [0.1, 0.15) is 36.4 Å². The number of halogens is 3. The zero-order chi connectivity index (χ0) is 11.8. The van der Waals surface area contributed by atoms with Crippen LogP contribution in [0.25, 0.3) is 0 Å². The second-order valence-electron chi connectivity index (χ2n) is 4.30. The lowest BCUT2D eigenvalue weighted by atomic mass is 9.76. The van der Waals surface area contributed by atoms with Crippen LogP contribution in [-0.4, -0.2) is 0 Å². The van der Waals surface area contributed by atoms with Gasteiger partial charge in [-0.25, -0.2) is 0 Å². The zero-order valence-electron chi connectivity index (χ0n) is 8.80. The first kappa shape index (κ1) is 11.5. The Morgan fingerprint density at radius 3 is 2.31 bits per heavy atom. The van der Waals surface area contributed by atoms with E-state index in [-0.39, 0.29) is 11.5 Å². The van der Waals surface area contributed by atoms with Crippen LogP contribution in [0.4, 0.5) is 13.2 Å². The molecular formula is C12H14F3N. The SMILES string of the molecule is N[C@H](c1ccccc1C(F)(F)F)C1CCC1. The van der Waals surface area contributed by atoms with Crippen molar-refractivity contribution in [1.82, 2.24) is 0 Å². The molecule has 1 aromatic rings. The molecule has 0 aromatic heterocycles. The second kappa shape index (κ2) is 4.09. The third-order valence-corrected chi connectivity index (χ3v) is 3.28. The number of nitrogens with two attached hydrogens (primary N) is 1. The van der Waals surface area contributed by atoms with Gasteiger partial charge in [-0.2, -0.15) is 13.2 Å². The predicted octanol–water partition coefficient (Wildman–Crippen LogP) is 3.51. The number of benzene rings is 1. The van der Waals surface area contributed by atoms with E-state index in [9.17, 15) is 13.2 Å². The number of alkyl halides is 3. The fourth-order valence-corrected chi connectivity index (χ4v) is 2.10. The molecule has 2 N–H and O–H groups in total. The summed E-state index contributed by atoms with van der Waals surface area (Å²) in [5.74, 6) is 0.212. The first-order chi connectivity index (χ1) is 7.50. The van der Waals surface area contributed by atoms with E-state index in [1.807, 2.05) is 0 Å². The molecule has 1 aliphatic carbocycles. The molecule has 0 bridgehead atoms. The van der Waals surface area contributed by atoms with Crippen LogP contribution in [0, 0.1) is 5.92 Å². The maximum absolute atomic E-state index is 12.7. The van der Waals surface area contributed by atoms with Crippen LogP contribution in [0.2, 0.25) is 0 Å². The van der Waals surface area contributed by atoms with Crippen molar-refractivity contribution >= 4 is 0 Å². The minimum Gasteiger partial charge on any atom is -0.324 e. The van der Waals surface area contributed by atoms with E-state index in [0.29, 0.717) is 0 Å². The molecule has 1 aliphatic rings. The molecule has 88 valence electrons. The van der Waals surface area contributed by atoms with Crippen molar-refractivity contribution in [3.63, 3.8) is 0 Å². The van der Waals surface area contributed by atoms with Crippen molar-refractivity contribution in [1.29, 1.82) is 0 Å². The highest BCUT2D eigenvalue weighted by atomic mass is 19.4. The highest BCUT2D eigenvalue weighted by Gasteiger charge is 2.36. The maximum atomic E-state index is 12.7. The van der Waals surface area contributed by atoms with Crippen LogP contribution in [-0.2, 0) is 6.18 Å². The lowest BCUT2D eigenvalue weighted by Crippen LogP contribution is -2.28. The third-order valence-electron chi connectivity index (χ3n) is 3.28. The van der Waals surface area contributed by atoms with Gasteiger partial charge in [-0.15, -0.1) is 0 Å². The zero-order valence-corrected chi connectivity index (χ0v) is 8.80. The fourth-order valence-electron chi connectivity index (χ4n) is 2.10. The Balaban J connectivity index is 2.32. The monoisotopic (exact) mass is 229 g/mol. The van der Waals surface area contributed by atoms with Crippen molar-refractivity contribution < 1.29 is 13.2 Å². The summed E-state index contributed by atoms with van der Waals surface area (Å²) in [5, 5.41) is 0. The summed E-state index contributed by atoms with van der Waals surface area (Å²) in [5.41, 5.74) is 5.55. The molecule has 1 aromatic carbocycles. The van der Waals surface area contributed by atoms with Crippen molar-refractivity contribution in [3.8, 4) is 0 Å². The quantitative estimate of drug-likeness (QED) is 0.825. The molecule has 2 rings (SSSR count). The molecule has 1 nitrogen and oxygen atoms in total. The highest BCUT2D eigenvalue weighted by Crippen LogP contribution is 2.41. The highest BCUT2D eigenvalue weighted by molar-refractivity contribution is 5.32. The first-order valence-corrected chi connectivity index (χ1v) is 5.42. The average molecular weight is 229 g/mol. The molecule has 0 amide bonds. The van der Waals surface area contributed by atoms with Gasteiger partial charge in [0.25, 0.3) is 0 Å². The lowest BCUT2D eigenvalue weighted by molar-refractivity contribution is -0.138. The molecule has 0 heterocycles. The van der Waals surface area contributed by atoms with Gasteiger partial charge in [-0.05, 0) is 30.4 Å². The lowest BCUT2D eigenvalue weighted by Gasteiger charge is -2.32. The number of rotatable bonds is 2. The van der Waals surface area contributed by atoms with Gasteiger partial charge in [0.2, 0.25) is 0 Å². The minimum absolute atomic E-state index is 0.212. The molecule has 0 spiro atoms. The van der Waals surface area contributed by atoms with Crippen LogP contribution in [0.3, 0.4) is 0 Å². The van der Waals surface area contributed by atoms with Gasteiger partial charge in [0.1, 0.15) is 0 Å². The van der Waals surface area contributed by atoms with Crippen LogP contribution < -0.4 is 5.73 Å². The molecule has 0 aliphatic heterocycles. The van der Waals surface area contributed by atoms with Crippen molar-refractivity contribution in [2.24, 2.45) is 11.7 Å². The van der Waals surface area contributed by atoms with Gasteiger partial charge < -0.3 is 5.73 Å². The molecule has 4 heteroatoms. The van der Waals surface area contributed by atoms with E-state index < -0.39 is 17.8 Å². The van der Waals surface area contributed by atoms with E-state index in [4.69, 9.17) is 5.73 Å². The van der Waals surface area contributed by atoms with Crippen molar-refractivity contribution in [2.45, 2.75) is 31.5 Å². The molecule has 1 atom stereocenters. The van der Waals surface area contributed by atoms with Crippen LogP contribution in [0.15, 0.2) is 24.3 Å². The maximum Gasteiger partial charge on any atom is 0.416 e. The smallest absolute Gasteiger partial charge is 0.324 e. The predicted molar refractivity (Wildman–Crippen MR) is 55.7 cm³/mol. The summed E-state index contributed by atoms with van der Waals surface area (Å²) >= 11 is 0. The van der Waals surface area contributed by atoms with Crippen molar-refractivity contribution in [2.75, 3.05) is 0 Å². The first-order valence-electron chi connectivity index (χ1n) is 5.42. The Labute approximate surface area is 92.5 Å². The topological polar surface area (TPSA) is 26.0 Å². The summed E-state index contributed by atoms with van der Waals surface area (Å²) in [7, 11) is 0. The van der Waals surface area contributed by atoms with Gasteiger partial charge in [-0.1, -0.05) is 24.6 Å². The standard InChI is InChI=1S/C12H14F3N/c13-12(14,15)10-7-2-1-6-9(10)11(16)8-4-3-5-8/h1-2,6-8,11H,3-5,16H2/t11-/m0/s1. The van der Waals surface area contributed by atoms with E-state index in [1.165, 1.54) is 12.1 Å². The molecule has 1 fully saturated rings. The Morgan fingerprint density at radius 2 is 1.81 bits per heavy atom. The molecule has 0 radical (unpaired) electrons. The molecule has 0 unspecified atom stereocenters. The average Bonchev–Trinajstić information content (AvgIpc) is 2.13. The summed E-state index contributed by atoms with van der Waals surface area (Å²) in [4.78, 5) is 0. The summed E-state index contributed by atoms with van der Waals surface area (Å²) in [6.07, 6.45) is -1.36. The Morgan fingerprint density at radius 1 is 1.19 bits per heavy atom. The molecule has 1 saturated carbocycles. The normalized spacial score (nSPS) is 19.2. The van der Waals surface area contributed by atoms with E-state index >= 15 is 0 Å². The van der Waals surface area contributed by atoms with Gasteiger partial charge in [0.05, 0.1) is 5.56 Å².